The minimum Gasteiger partial charge on any atom is -0.368 e. The summed E-state index contributed by atoms with van der Waals surface area (Å²) in [6, 6.07) is 0.591. The molecule has 2 fully saturated rings. The molecule has 1 saturated carbocycles. The number of halogens is 1. The van der Waals surface area contributed by atoms with Gasteiger partial charge in [-0.15, -0.1) is 24.0 Å². The number of hydrogen-bond donors (Lipinski definition) is 2. The maximum atomic E-state index is 11.5. The largest absolute Gasteiger partial charge is 0.368 e. The van der Waals surface area contributed by atoms with E-state index < -0.39 is 5.54 Å². The highest BCUT2D eigenvalue weighted by Gasteiger charge is 2.35. The first-order valence-corrected chi connectivity index (χ1v) is 7.48. The van der Waals surface area contributed by atoms with Crippen molar-refractivity contribution in [3.63, 3.8) is 0 Å². The molecule has 2 rings (SSSR count). The van der Waals surface area contributed by atoms with Gasteiger partial charge in [0.25, 0.3) is 0 Å². The van der Waals surface area contributed by atoms with E-state index in [1.54, 1.807) is 0 Å². The molecule has 0 atom stereocenters. The summed E-state index contributed by atoms with van der Waals surface area (Å²) < 4.78 is 0. The molecule has 2 aliphatic rings. The molecule has 1 aliphatic carbocycles. The third-order valence-electron chi connectivity index (χ3n) is 4.62. The van der Waals surface area contributed by atoms with Gasteiger partial charge < -0.3 is 16.0 Å². The van der Waals surface area contributed by atoms with Crippen molar-refractivity contribution >= 4 is 35.8 Å². The zero-order valence-corrected chi connectivity index (χ0v) is 15.6. The number of carbonyl (C=O) groups excluding carboxylic acids is 1. The predicted molar refractivity (Wildman–Crippen MR) is 96.0 cm³/mol. The quantitative estimate of drug-likeness (QED) is 0.407. The number of nitrogens with two attached hydrogens (primary N) is 1. The van der Waals surface area contributed by atoms with Crippen molar-refractivity contribution in [2.24, 2.45) is 10.7 Å². The van der Waals surface area contributed by atoms with Crippen LogP contribution in [0.2, 0.25) is 0 Å². The summed E-state index contributed by atoms with van der Waals surface area (Å²) in [5.74, 6) is 0.731. The number of amides is 1. The van der Waals surface area contributed by atoms with Gasteiger partial charge in [-0.05, 0) is 33.1 Å². The fourth-order valence-corrected chi connectivity index (χ4v) is 2.67. The van der Waals surface area contributed by atoms with Crippen LogP contribution in [-0.4, -0.2) is 66.5 Å². The highest BCUT2D eigenvalue weighted by atomic mass is 127. The summed E-state index contributed by atoms with van der Waals surface area (Å²) in [7, 11) is 1.83. The lowest BCUT2D eigenvalue weighted by atomic mass is 9.93. The number of aliphatic imine (C=N–C) groups is 1. The Hall–Kier alpha value is -0.570. The summed E-state index contributed by atoms with van der Waals surface area (Å²) in [6.45, 7) is 7.22. The molecule has 0 radical (unpaired) electrons. The molecule has 0 aromatic rings. The minimum atomic E-state index is -0.572. The maximum absolute atomic E-state index is 11.5. The molecule has 1 aliphatic heterocycles. The van der Waals surface area contributed by atoms with Crippen molar-refractivity contribution in [2.75, 3.05) is 33.2 Å². The van der Waals surface area contributed by atoms with E-state index in [-0.39, 0.29) is 29.9 Å². The van der Waals surface area contributed by atoms with Gasteiger partial charge in [-0.3, -0.25) is 14.7 Å². The van der Waals surface area contributed by atoms with E-state index in [0.717, 1.165) is 32.1 Å². The molecule has 122 valence electrons. The van der Waals surface area contributed by atoms with Gasteiger partial charge in [0.15, 0.2) is 5.96 Å². The number of nitrogens with one attached hydrogen (secondary N) is 1. The average Bonchev–Trinajstić information content (AvgIpc) is 2.38. The number of piperazine rings is 1. The van der Waals surface area contributed by atoms with Crippen molar-refractivity contribution < 1.29 is 4.79 Å². The molecule has 0 aromatic heterocycles. The fourth-order valence-electron chi connectivity index (χ4n) is 2.67. The van der Waals surface area contributed by atoms with Crippen molar-refractivity contribution in [1.82, 2.24) is 15.1 Å². The van der Waals surface area contributed by atoms with Crippen LogP contribution in [0.5, 0.6) is 0 Å². The lowest BCUT2D eigenvalue weighted by Gasteiger charge is -2.43. The van der Waals surface area contributed by atoms with E-state index in [0.29, 0.717) is 6.04 Å². The number of carbonyl (C=O) groups is 1. The van der Waals surface area contributed by atoms with E-state index in [1.807, 2.05) is 20.9 Å². The van der Waals surface area contributed by atoms with Crippen molar-refractivity contribution in [3.05, 3.63) is 0 Å². The summed E-state index contributed by atoms with van der Waals surface area (Å²) in [6.07, 6.45) is 3.80. The third kappa shape index (κ3) is 4.21. The van der Waals surface area contributed by atoms with E-state index in [1.165, 1.54) is 19.3 Å². The van der Waals surface area contributed by atoms with Gasteiger partial charge in [-0.1, -0.05) is 0 Å². The van der Waals surface area contributed by atoms with Gasteiger partial charge in [0.1, 0.15) is 0 Å². The topological polar surface area (TPSA) is 74.0 Å². The molecule has 3 N–H and O–H groups in total. The fraction of sp³-hybridized carbons (Fsp3) is 0.857. The summed E-state index contributed by atoms with van der Waals surface area (Å²) in [5.41, 5.74) is 4.91. The Morgan fingerprint density at radius 1 is 1.24 bits per heavy atom. The molecule has 21 heavy (non-hydrogen) atoms. The Balaban J connectivity index is 0.00000220. The second-order valence-electron chi connectivity index (χ2n) is 6.22. The Bertz CT molecular complexity index is 387. The Morgan fingerprint density at radius 3 is 2.19 bits per heavy atom. The smallest absolute Gasteiger partial charge is 0.237 e. The molecule has 6 nitrogen and oxygen atoms in total. The normalized spacial score (nSPS) is 21.5. The summed E-state index contributed by atoms with van der Waals surface area (Å²) in [5, 5.41) is 3.51. The SMILES string of the molecule is CN=C(NC1CCC1)N1CCN(C(C)(C)C(N)=O)CC1.I. The first-order chi connectivity index (χ1) is 9.45. The average molecular weight is 409 g/mol. The zero-order valence-electron chi connectivity index (χ0n) is 13.3. The van der Waals surface area contributed by atoms with Crippen LogP contribution in [0.3, 0.4) is 0 Å². The van der Waals surface area contributed by atoms with Crippen LogP contribution in [0, 0.1) is 0 Å². The molecule has 0 aromatic carbocycles. The monoisotopic (exact) mass is 409 g/mol. The van der Waals surface area contributed by atoms with Crippen LogP contribution in [-0.2, 0) is 4.79 Å². The predicted octanol–water partition coefficient (Wildman–Crippen LogP) is 0.614. The standard InChI is InChI=1S/C14H27N5O.HI/c1-14(2,12(15)20)19-9-7-18(8-10-19)13(16-3)17-11-5-4-6-11;/h11H,4-10H2,1-3H3,(H2,15,20)(H,16,17);1H. The molecule has 0 unspecified atom stereocenters. The second-order valence-corrected chi connectivity index (χ2v) is 6.22. The number of rotatable bonds is 3. The molecule has 1 amide bonds. The van der Waals surface area contributed by atoms with Gasteiger partial charge in [0.2, 0.25) is 5.91 Å². The highest BCUT2D eigenvalue weighted by Crippen LogP contribution is 2.19. The summed E-state index contributed by atoms with van der Waals surface area (Å²) in [4.78, 5) is 20.3. The van der Waals surface area contributed by atoms with Crippen LogP contribution in [0.25, 0.3) is 0 Å². The lowest BCUT2D eigenvalue weighted by molar-refractivity contribution is -0.129. The van der Waals surface area contributed by atoms with Crippen LogP contribution < -0.4 is 11.1 Å². The van der Waals surface area contributed by atoms with Crippen LogP contribution in [0.4, 0.5) is 0 Å². The zero-order chi connectivity index (χ0) is 14.8. The Kier molecular flexibility index (Phi) is 6.71. The molecule has 1 saturated heterocycles. The highest BCUT2D eigenvalue weighted by molar-refractivity contribution is 14.0. The van der Waals surface area contributed by atoms with Gasteiger partial charge in [0, 0.05) is 39.3 Å². The first-order valence-electron chi connectivity index (χ1n) is 7.48. The lowest BCUT2D eigenvalue weighted by Crippen LogP contribution is -2.62. The van der Waals surface area contributed by atoms with E-state index in [9.17, 15) is 4.79 Å². The van der Waals surface area contributed by atoms with Gasteiger partial charge >= 0.3 is 0 Å². The van der Waals surface area contributed by atoms with Crippen LogP contribution in [0.1, 0.15) is 33.1 Å². The third-order valence-corrected chi connectivity index (χ3v) is 4.62. The molecular formula is C14H28IN5O. The van der Waals surface area contributed by atoms with Gasteiger partial charge in [-0.2, -0.15) is 0 Å². The van der Waals surface area contributed by atoms with Crippen molar-refractivity contribution in [3.8, 4) is 0 Å². The second kappa shape index (κ2) is 7.62. The number of primary amides is 1. The van der Waals surface area contributed by atoms with E-state index >= 15 is 0 Å². The van der Waals surface area contributed by atoms with Crippen molar-refractivity contribution in [2.45, 2.75) is 44.7 Å². The minimum absolute atomic E-state index is 0. The number of guanidine groups is 1. The summed E-state index contributed by atoms with van der Waals surface area (Å²) >= 11 is 0. The maximum Gasteiger partial charge on any atom is 0.237 e. The molecule has 0 spiro atoms. The molecule has 7 heteroatoms. The van der Waals surface area contributed by atoms with Gasteiger partial charge in [-0.25, -0.2) is 0 Å². The van der Waals surface area contributed by atoms with E-state index in [4.69, 9.17) is 5.73 Å². The molecule has 1 heterocycles. The molecular weight excluding hydrogens is 381 g/mol. The first kappa shape index (κ1) is 18.5. The Labute approximate surface area is 144 Å². The van der Waals surface area contributed by atoms with Crippen molar-refractivity contribution in [1.29, 1.82) is 0 Å². The number of nitrogens with zero attached hydrogens (tertiary/aromatic N) is 3. The number of hydrogen-bond acceptors (Lipinski definition) is 3. The van der Waals surface area contributed by atoms with Crippen LogP contribution >= 0.6 is 24.0 Å². The van der Waals surface area contributed by atoms with Crippen LogP contribution in [0.15, 0.2) is 4.99 Å². The van der Waals surface area contributed by atoms with Gasteiger partial charge in [0.05, 0.1) is 5.54 Å². The Morgan fingerprint density at radius 2 is 1.81 bits per heavy atom. The molecule has 0 bridgehead atoms. The van der Waals surface area contributed by atoms with E-state index in [2.05, 4.69) is 20.1 Å².